The molecule has 0 saturated heterocycles. The van der Waals surface area contributed by atoms with Gasteiger partial charge in [0.2, 0.25) is 5.91 Å². The highest BCUT2D eigenvalue weighted by molar-refractivity contribution is 9.11. The molecule has 1 aromatic carbocycles. The number of nitrogens with zero attached hydrogens (tertiary/aromatic N) is 1. The van der Waals surface area contributed by atoms with Crippen LogP contribution in [-0.4, -0.2) is 24.4 Å². The second kappa shape index (κ2) is 7.94. The number of rotatable bonds is 6. The van der Waals surface area contributed by atoms with Crippen LogP contribution in [0.15, 0.2) is 40.2 Å². The standard InChI is InChI=1S/C15H16BrClN2OS/c1-19(10-13-6-7-14(16)21-13)9-8-15(20)18-12-4-2-11(17)3-5-12/h2-7H,8-10H2,1H3,(H,18,20). The lowest BCUT2D eigenvalue weighted by atomic mass is 10.3. The minimum absolute atomic E-state index is 0.0107. The van der Waals surface area contributed by atoms with Crippen molar-refractivity contribution in [1.82, 2.24) is 4.90 Å². The Hall–Kier alpha value is -0.880. The summed E-state index contributed by atoms with van der Waals surface area (Å²) in [4.78, 5) is 15.3. The Morgan fingerprint density at radius 2 is 2.00 bits per heavy atom. The highest BCUT2D eigenvalue weighted by Crippen LogP contribution is 2.23. The summed E-state index contributed by atoms with van der Waals surface area (Å²) in [5.41, 5.74) is 0.772. The molecule has 1 amide bonds. The third kappa shape index (κ3) is 5.79. The molecule has 0 bridgehead atoms. The zero-order valence-corrected chi connectivity index (χ0v) is 14.8. The summed E-state index contributed by atoms with van der Waals surface area (Å²) < 4.78 is 1.13. The van der Waals surface area contributed by atoms with Gasteiger partial charge >= 0.3 is 0 Å². The summed E-state index contributed by atoms with van der Waals surface area (Å²) in [7, 11) is 2.02. The summed E-state index contributed by atoms with van der Waals surface area (Å²) >= 11 is 11.0. The first-order chi connectivity index (χ1) is 10.0. The maximum Gasteiger partial charge on any atom is 0.225 e. The minimum Gasteiger partial charge on any atom is -0.326 e. The molecule has 6 heteroatoms. The Morgan fingerprint density at radius 3 is 2.62 bits per heavy atom. The largest absolute Gasteiger partial charge is 0.326 e. The minimum atomic E-state index is 0.0107. The predicted molar refractivity (Wildman–Crippen MR) is 93.1 cm³/mol. The number of hydrogen-bond acceptors (Lipinski definition) is 3. The molecule has 0 saturated carbocycles. The molecule has 1 aromatic heterocycles. The van der Waals surface area contributed by atoms with Crippen LogP contribution in [-0.2, 0) is 11.3 Å². The van der Waals surface area contributed by atoms with Crippen LogP contribution in [0.2, 0.25) is 5.02 Å². The third-order valence-electron chi connectivity index (χ3n) is 2.90. The van der Waals surface area contributed by atoms with Crippen molar-refractivity contribution in [2.24, 2.45) is 0 Å². The number of nitrogens with one attached hydrogen (secondary N) is 1. The zero-order chi connectivity index (χ0) is 15.2. The van der Waals surface area contributed by atoms with Crippen LogP contribution in [0.25, 0.3) is 0 Å². The van der Waals surface area contributed by atoms with Crippen molar-refractivity contribution in [3.05, 3.63) is 50.1 Å². The molecule has 3 nitrogen and oxygen atoms in total. The monoisotopic (exact) mass is 386 g/mol. The molecule has 21 heavy (non-hydrogen) atoms. The number of halogens is 2. The van der Waals surface area contributed by atoms with Gasteiger partial charge in [0.15, 0.2) is 0 Å². The highest BCUT2D eigenvalue weighted by atomic mass is 79.9. The van der Waals surface area contributed by atoms with E-state index in [-0.39, 0.29) is 5.91 Å². The number of thiophene rings is 1. The van der Waals surface area contributed by atoms with Crippen LogP contribution in [0.1, 0.15) is 11.3 Å². The van der Waals surface area contributed by atoms with Crippen LogP contribution in [0.5, 0.6) is 0 Å². The number of amides is 1. The van der Waals surface area contributed by atoms with Crippen LogP contribution >= 0.6 is 38.9 Å². The van der Waals surface area contributed by atoms with Crippen LogP contribution in [0.4, 0.5) is 5.69 Å². The molecular formula is C15H16BrClN2OS. The summed E-state index contributed by atoms with van der Waals surface area (Å²) in [6.07, 6.45) is 0.464. The quantitative estimate of drug-likeness (QED) is 0.784. The maximum absolute atomic E-state index is 11.9. The summed E-state index contributed by atoms with van der Waals surface area (Å²) in [6, 6.07) is 11.3. The second-order valence-electron chi connectivity index (χ2n) is 4.75. The van der Waals surface area contributed by atoms with Crippen LogP contribution < -0.4 is 5.32 Å². The molecule has 112 valence electrons. The summed E-state index contributed by atoms with van der Waals surface area (Å²) in [6.45, 7) is 1.57. The fraction of sp³-hybridized carbons (Fsp3) is 0.267. The third-order valence-corrected chi connectivity index (χ3v) is 4.76. The van der Waals surface area contributed by atoms with E-state index in [2.05, 4.69) is 32.2 Å². The molecule has 0 aliphatic rings. The van der Waals surface area contributed by atoms with E-state index < -0.39 is 0 Å². The van der Waals surface area contributed by atoms with Gasteiger partial charge in [-0.25, -0.2) is 0 Å². The number of carbonyl (C=O) groups is 1. The van der Waals surface area contributed by atoms with Gasteiger partial charge in [-0.2, -0.15) is 0 Å². The first-order valence-corrected chi connectivity index (χ1v) is 8.50. The molecule has 0 unspecified atom stereocenters. The number of anilines is 1. The molecule has 1 N–H and O–H groups in total. The predicted octanol–water partition coefficient (Wildman–Crippen LogP) is 4.62. The van der Waals surface area contributed by atoms with Crippen molar-refractivity contribution in [3.63, 3.8) is 0 Å². The lowest BCUT2D eigenvalue weighted by molar-refractivity contribution is -0.116. The lowest BCUT2D eigenvalue weighted by Crippen LogP contribution is -2.23. The van der Waals surface area contributed by atoms with E-state index in [0.29, 0.717) is 11.4 Å². The number of hydrogen-bond donors (Lipinski definition) is 1. The van der Waals surface area contributed by atoms with Gasteiger partial charge in [0.05, 0.1) is 3.79 Å². The SMILES string of the molecule is CN(CCC(=O)Nc1ccc(Cl)cc1)Cc1ccc(Br)s1. The number of benzene rings is 1. The van der Waals surface area contributed by atoms with Gasteiger partial charge in [0, 0.05) is 35.1 Å². The molecule has 0 aliphatic carbocycles. The van der Waals surface area contributed by atoms with E-state index in [1.165, 1.54) is 4.88 Å². The summed E-state index contributed by atoms with van der Waals surface area (Å²) in [5.74, 6) is 0.0107. The van der Waals surface area contributed by atoms with Crippen molar-refractivity contribution in [3.8, 4) is 0 Å². The number of carbonyl (C=O) groups excluding carboxylic acids is 1. The first kappa shape index (κ1) is 16.5. The Labute approximate surface area is 142 Å². The molecular weight excluding hydrogens is 372 g/mol. The fourth-order valence-corrected chi connectivity index (χ4v) is 3.52. The van der Waals surface area contributed by atoms with Gasteiger partial charge in [-0.15, -0.1) is 11.3 Å². The molecule has 0 fully saturated rings. The lowest BCUT2D eigenvalue weighted by Gasteiger charge is -2.15. The maximum atomic E-state index is 11.9. The molecule has 1 heterocycles. The van der Waals surface area contributed by atoms with Crippen molar-refractivity contribution in [2.75, 3.05) is 18.9 Å². The van der Waals surface area contributed by atoms with E-state index >= 15 is 0 Å². The Kier molecular flexibility index (Phi) is 6.23. The van der Waals surface area contributed by atoms with Gasteiger partial charge in [-0.1, -0.05) is 11.6 Å². The molecule has 0 atom stereocenters. The zero-order valence-electron chi connectivity index (χ0n) is 11.6. The van der Waals surface area contributed by atoms with Gasteiger partial charge in [0.1, 0.15) is 0 Å². The normalized spacial score (nSPS) is 10.9. The molecule has 0 spiro atoms. The van der Waals surface area contributed by atoms with Crippen LogP contribution in [0.3, 0.4) is 0 Å². The Morgan fingerprint density at radius 1 is 1.29 bits per heavy atom. The molecule has 0 aliphatic heterocycles. The van der Waals surface area contributed by atoms with Gasteiger partial charge in [-0.05, 0) is 59.4 Å². The average molecular weight is 388 g/mol. The van der Waals surface area contributed by atoms with Gasteiger partial charge in [0.25, 0.3) is 0 Å². The van der Waals surface area contributed by atoms with E-state index in [0.717, 1.165) is 22.6 Å². The van der Waals surface area contributed by atoms with Gasteiger partial charge < -0.3 is 10.2 Å². The molecule has 2 rings (SSSR count). The van der Waals surface area contributed by atoms with Crippen molar-refractivity contribution >= 4 is 50.5 Å². The van der Waals surface area contributed by atoms with E-state index in [9.17, 15) is 4.79 Å². The van der Waals surface area contributed by atoms with E-state index in [4.69, 9.17) is 11.6 Å². The van der Waals surface area contributed by atoms with E-state index in [1.54, 1.807) is 35.6 Å². The topological polar surface area (TPSA) is 32.3 Å². The van der Waals surface area contributed by atoms with Crippen molar-refractivity contribution in [2.45, 2.75) is 13.0 Å². The molecule has 0 radical (unpaired) electrons. The Bertz CT molecular complexity index is 600. The average Bonchev–Trinajstić information content (AvgIpc) is 2.84. The fourth-order valence-electron chi connectivity index (χ4n) is 1.83. The van der Waals surface area contributed by atoms with Crippen LogP contribution in [0, 0.1) is 0 Å². The smallest absolute Gasteiger partial charge is 0.225 e. The molecule has 2 aromatic rings. The van der Waals surface area contributed by atoms with Crippen molar-refractivity contribution in [1.29, 1.82) is 0 Å². The summed E-state index contributed by atoms with van der Waals surface area (Å²) in [5, 5.41) is 3.53. The Balaban J connectivity index is 1.74. The van der Waals surface area contributed by atoms with E-state index in [1.807, 2.05) is 13.1 Å². The first-order valence-electron chi connectivity index (χ1n) is 6.51. The van der Waals surface area contributed by atoms with Gasteiger partial charge in [-0.3, -0.25) is 4.79 Å². The second-order valence-corrected chi connectivity index (χ2v) is 7.73. The highest BCUT2D eigenvalue weighted by Gasteiger charge is 2.07. The van der Waals surface area contributed by atoms with Crippen molar-refractivity contribution < 1.29 is 4.79 Å².